The Morgan fingerprint density at radius 1 is 0.966 bits per heavy atom. The minimum absolute atomic E-state index is 0.00802. The van der Waals surface area contributed by atoms with Gasteiger partial charge >= 0.3 is 0 Å². The molecule has 2 atom stereocenters. The fourth-order valence-corrected chi connectivity index (χ4v) is 4.35. The van der Waals surface area contributed by atoms with Crippen molar-refractivity contribution >= 4 is 16.7 Å². The van der Waals surface area contributed by atoms with Crippen LogP contribution in [0.25, 0.3) is 10.9 Å². The second-order valence-corrected chi connectivity index (χ2v) is 7.45. The number of para-hydroxylation sites is 1. The minimum Gasteiger partial charge on any atom is -0.497 e. The van der Waals surface area contributed by atoms with Gasteiger partial charge in [-0.3, -0.25) is 9.47 Å². The Morgan fingerprint density at radius 3 is 2.69 bits per heavy atom. The molecule has 29 heavy (non-hydrogen) atoms. The lowest BCUT2D eigenvalue weighted by Crippen LogP contribution is -2.32. The zero-order valence-corrected chi connectivity index (χ0v) is 16.2. The Bertz CT molecular complexity index is 1190. The highest BCUT2D eigenvalue weighted by atomic mass is 16.5. The third kappa shape index (κ3) is 3.07. The van der Waals surface area contributed by atoms with Crippen molar-refractivity contribution in [2.75, 3.05) is 12.5 Å². The minimum atomic E-state index is -0.0354. The third-order valence-corrected chi connectivity index (χ3v) is 5.80. The van der Waals surface area contributed by atoms with E-state index in [0.717, 1.165) is 28.0 Å². The van der Waals surface area contributed by atoms with Crippen LogP contribution in [-0.4, -0.2) is 17.6 Å². The number of hydrogen-bond donors (Lipinski definition) is 1. The van der Waals surface area contributed by atoms with Crippen LogP contribution in [0.1, 0.15) is 39.9 Å². The van der Waals surface area contributed by atoms with Gasteiger partial charge in [0.05, 0.1) is 18.7 Å². The van der Waals surface area contributed by atoms with Crippen molar-refractivity contribution in [2.45, 2.75) is 18.4 Å². The first-order valence-corrected chi connectivity index (χ1v) is 9.83. The molecule has 0 unspecified atom stereocenters. The van der Waals surface area contributed by atoms with Crippen LogP contribution in [0.15, 0.2) is 85.1 Å². The van der Waals surface area contributed by atoms with Gasteiger partial charge < -0.3 is 10.2 Å². The molecule has 4 heteroatoms. The van der Waals surface area contributed by atoms with Gasteiger partial charge in [-0.25, -0.2) is 0 Å². The van der Waals surface area contributed by atoms with Crippen LogP contribution < -0.4 is 10.2 Å². The van der Waals surface area contributed by atoms with Crippen LogP contribution in [0.3, 0.4) is 0 Å². The highest BCUT2D eigenvalue weighted by Gasteiger charge is 2.35. The van der Waals surface area contributed by atoms with Gasteiger partial charge in [0.1, 0.15) is 5.75 Å². The molecular weight excluding hydrogens is 360 g/mol. The van der Waals surface area contributed by atoms with Gasteiger partial charge in [0.15, 0.2) is 5.78 Å². The molecule has 1 heterocycles. The number of carbonyl (C=O) groups is 1. The normalized spacial score (nSPS) is 18.4. The van der Waals surface area contributed by atoms with E-state index in [-0.39, 0.29) is 17.7 Å². The van der Waals surface area contributed by atoms with E-state index in [2.05, 4.69) is 40.4 Å². The maximum atomic E-state index is 12.9. The van der Waals surface area contributed by atoms with E-state index < -0.39 is 0 Å². The highest BCUT2D eigenvalue weighted by molar-refractivity contribution is 5.99. The number of rotatable bonds is 4. The standard InChI is InChI=1S/C25H22N2O2/c1-29-19-9-6-8-18(15-19)22-16-24(28)20-10-3-4-11-21(20)25(22)26-27-14-13-17-7-2-5-12-23(17)27/h2-15,22,25-26H,16H2,1H3/t22-,25+/m0/s1. The summed E-state index contributed by atoms with van der Waals surface area (Å²) in [4.78, 5) is 12.9. The molecule has 0 bridgehead atoms. The molecule has 144 valence electrons. The summed E-state index contributed by atoms with van der Waals surface area (Å²) in [5, 5.41) is 1.18. The summed E-state index contributed by atoms with van der Waals surface area (Å²) >= 11 is 0. The van der Waals surface area contributed by atoms with E-state index in [9.17, 15) is 4.79 Å². The van der Waals surface area contributed by atoms with Crippen molar-refractivity contribution in [3.63, 3.8) is 0 Å². The number of aromatic nitrogens is 1. The monoisotopic (exact) mass is 382 g/mol. The third-order valence-electron chi connectivity index (χ3n) is 5.80. The number of carbonyl (C=O) groups excluding carboxylic acids is 1. The van der Waals surface area contributed by atoms with E-state index in [1.807, 2.05) is 54.7 Å². The average Bonchev–Trinajstić information content (AvgIpc) is 3.18. The van der Waals surface area contributed by atoms with Crippen molar-refractivity contribution in [3.05, 3.63) is 102 Å². The van der Waals surface area contributed by atoms with Crippen LogP contribution in [0.4, 0.5) is 0 Å². The second kappa shape index (κ2) is 7.13. The summed E-state index contributed by atoms with van der Waals surface area (Å²) in [6.45, 7) is 0. The maximum Gasteiger partial charge on any atom is 0.163 e. The van der Waals surface area contributed by atoms with Crippen LogP contribution in [0.5, 0.6) is 5.75 Å². The van der Waals surface area contributed by atoms with Gasteiger partial charge in [0, 0.05) is 29.5 Å². The molecule has 3 aromatic carbocycles. The smallest absolute Gasteiger partial charge is 0.163 e. The van der Waals surface area contributed by atoms with Crippen LogP contribution in [-0.2, 0) is 0 Å². The number of nitrogens with zero attached hydrogens (tertiary/aromatic N) is 1. The molecule has 0 spiro atoms. The molecule has 0 radical (unpaired) electrons. The largest absolute Gasteiger partial charge is 0.497 e. The van der Waals surface area contributed by atoms with Crippen LogP contribution >= 0.6 is 0 Å². The molecule has 0 saturated carbocycles. The van der Waals surface area contributed by atoms with E-state index in [1.54, 1.807) is 7.11 Å². The van der Waals surface area contributed by atoms with Crippen LogP contribution in [0.2, 0.25) is 0 Å². The first-order chi connectivity index (χ1) is 14.2. The predicted octanol–water partition coefficient (Wildman–Crippen LogP) is 5.30. The van der Waals surface area contributed by atoms with E-state index in [0.29, 0.717) is 6.42 Å². The Balaban J connectivity index is 1.62. The first-order valence-electron chi connectivity index (χ1n) is 9.83. The fraction of sp³-hybridized carbons (Fsp3) is 0.160. The van der Waals surface area contributed by atoms with E-state index in [4.69, 9.17) is 4.74 Å². The van der Waals surface area contributed by atoms with Crippen LogP contribution in [0, 0.1) is 0 Å². The summed E-state index contributed by atoms with van der Waals surface area (Å²) in [5.41, 5.74) is 7.75. The van der Waals surface area contributed by atoms with Crippen molar-refractivity contribution in [3.8, 4) is 5.75 Å². The Labute approximate surface area is 169 Å². The summed E-state index contributed by atoms with van der Waals surface area (Å²) in [7, 11) is 1.67. The molecule has 1 aliphatic rings. The quantitative estimate of drug-likeness (QED) is 0.520. The summed E-state index contributed by atoms with van der Waals surface area (Å²) in [6, 6.07) is 26.3. The van der Waals surface area contributed by atoms with Crippen molar-refractivity contribution < 1.29 is 9.53 Å². The number of ketones is 1. The number of Topliss-reactive ketones (excluding diaryl/α,β-unsaturated/α-hetero) is 1. The zero-order valence-electron chi connectivity index (χ0n) is 16.2. The topological polar surface area (TPSA) is 43.3 Å². The lowest BCUT2D eigenvalue weighted by molar-refractivity contribution is 0.0958. The molecule has 1 aliphatic carbocycles. The van der Waals surface area contributed by atoms with Gasteiger partial charge in [-0.15, -0.1) is 0 Å². The molecular formula is C25H22N2O2. The Morgan fingerprint density at radius 2 is 1.79 bits per heavy atom. The predicted molar refractivity (Wildman–Crippen MR) is 115 cm³/mol. The lowest BCUT2D eigenvalue weighted by Gasteiger charge is -2.35. The lowest BCUT2D eigenvalue weighted by atomic mass is 9.76. The van der Waals surface area contributed by atoms with Gasteiger partial charge in [0.2, 0.25) is 0 Å². The average molecular weight is 382 g/mol. The van der Waals surface area contributed by atoms with Gasteiger partial charge in [-0.1, -0.05) is 54.6 Å². The van der Waals surface area contributed by atoms with Crippen molar-refractivity contribution in [2.24, 2.45) is 0 Å². The number of nitrogens with one attached hydrogen (secondary N) is 1. The Kier molecular flexibility index (Phi) is 4.32. The van der Waals surface area contributed by atoms with Gasteiger partial charge in [-0.05, 0) is 35.4 Å². The molecule has 1 N–H and O–H groups in total. The Hall–Kier alpha value is -3.53. The molecule has 0 saturated heterocycles. The number of ether oxygens (including phenoxy) is 1. The second-order valence-electron chi connectivity index (χ2n) is 7.45. The SMILES string of the molecule is COc1cccc([C@@H]2CC(=O)c3ccccc3[C@H]2Nn2ccc3ccccc32)c1. The summed E-state index contributed by atoms with van der Waals surface area (Å²) in [6.07, 6.45) is 2.51. The molecule has 4 nitrogen and oxygen atoms in total. The van der Waals surface area contributed by atoms with Gasteiger partial charge in [0.25, 0.3) is 0 Å². The number of hydrogen-bond acceptors (Lipinski definition) is 3. The van der Waals surface area contributed by atoms with Gasteiger partial charge in [-0.2, -0.15) is 0 Å². The highest BCUT2D eigenvalue weighted by Crippen LogP contribution is 2.42. The zero-order chi connectivity index (χ0) is 19.8. The molecule has 5 rings (SSSR count). The molecule has 1 aromatic heterocycles. The number of benzene rings is 3. The van der Waals surface area contributed by atoms with Crippen molar-refractivity contribution in [1.82, 2.24) is 4.68 Å². The van der Waals surface area contributed by atoms with Crippen molar-refractivity contribution in [1.29, 1.82) is 0 Å². The number of methoxy groups -OCH3 is 1. The molecule has 0 aliphatic heterocycles. The molecule has 0 amide bonds. The number of fused-ring (bicyclic) bond motifs is 2. The molecule has 0 fully saturated rings. The van der Waals surface area contributed by atoms with E-state index in [1.165, 1.54) is 5.39 Å². The molecule has 4 aromatic rings. The first kappa shape index (κ1) is 17.6. The van der Waals surface area contributed by atoms with E-state index >= 15 is 0 Å². The summed E-state index contributed by atoms with van der Waals surface area (Å²) < 4.78 is 7.50. The summed E-state index contributed by atoms with van der Waals surface area (Å²) in [5.74, 6) is 0.997. The fourth-order valence-electron chi connectivity index (χ4n) is 4.35. The maximum absolute atomic E-state index is 12.9.